The third-order valence-electron chi connectivity index (χ3n) is 5.72. The Labute approximate surface area is 150 Å². The van der Waals surface area contributed by atoms with Crippen molar-refractivity contribution < 1.29 is 0 Å². The molecule has 2 aliphatic rings. The number of aromatic nitrogens is 4. The van der Waals surface area contributed by atoms with Crippen LogP contribution in [0, 0.1) is 17.3 Å². The molecule has 0 amide bonds. The molecule has 4 heterocycles. The van der Waals surface area contributed by atoms with Crippen molar-refractivity contribution in [2.45, 2.75) is 40.0 Å². The zero-order chi connectivity index (χ0) is 17.4. The Morgan fingerprint density at radius 2 is 1.80 bits per heavy atom. The van der Waals surface area contributed by atoms with Crippen LogP contribution in [0.25, 0.3) is 11.2 Å². The van der Waals surface area contributed by atoms with Crippen LogP contribution >= 0.6 is 0 Å². The standard InChI is InChI=1S/C19H30N6/c1-19(2,3)11-24-7-4-15(10-24)14-5-8-25(9-6-14)18-16-17(21-12-20-16)22-13-23-18/h12-15H,4-11H2,1-3H3,(H,20,21,22,23)/t15-/m0/s1. The maximum absolute atomic E-state index is 4.51. The lowest BCUT2D eigenvalue weighted by atomic mass is 9.83. The Morgan fingerprint density at radius 3 is 2.56 bits per heavy atom. The third kappa shape index (κ3) is 3.64. The second kappa shape index (κ2) is 6.56. The number of hydrogen-bond acceptors (Lipinski definition) is 5. The Kier molecular flexibility index (Phi) is 4.40. The molecule has 2 saturated heterocycles. The summed E-state index contributed by atoms with van der Waals surface area (Å²) in [6.45, 7) is 13.0. The number of hydrogen-bond donors (Lipinski definition) is 1. The van der Waals surface area contributed by atoms with Gasteiger partial charge in [0.15, 0.2) is 11.5 Å². The maximum Gasteiger partial charge on any atom is 0.182 e. The van der Waals surface area contributed by atoms with Crippen LogP contribution in [-0.4, -0.2) is 57.6 Å². The van der Waals surface area contributed by atoms with Gasteiger partial charge in [0.25, 0.3) is 0 Å². The van der Waals surface area contributed by atoms with Gasteiger partial charge in [-0.3, -0.25) is 0 Å². The fourth-order valence-electron chi connectivity index (χ4n) is 4.64. The Hall–Kier alpha value is -1.69. The van der Waals surface area contributed by atoms with E-state index >= 15 is 0 Å². The van der Waals surface area contributed by atoms with E-state index in [4.69, 9.17) is 0 Å². The van der Waals surface area contributed by atoms with E-state index in [9.17, 15) is 0 Å². The van der Waals surface area contributed by atoms with Gasteiger partial charge in [-0.15, -0.1) is 0 Å². The molecule has 2 aromatic rings. The SMILES string of the molecule is CC(C)(C)CN1CC[C@H](C2CCN(c3ncnc4nc[nH]c34)CC2)C1. The highest BCUT2D eigenvalue weighted by Gasteiger charge is 2.33. The Morgan fingerprint density at radius 1 is 1.04 bits per heavy atom. The molecule has 0 aromatic carbocycles. The summed E-state index contributed by atoms with van der Waals surface area (Å²) in [5.41, 5.74) is 2.14. The van der Waals surface area contributed by atoms with Gasteiger partial charge in [0.2, 0.25) is 0 Å². The molecule has 0 bridgehead atoms. The summed E-state index contributed by atoms with van der Waals surface area (Å²) in [4.78, 5) is 21.3. The van der Waals surface area contributed by atoms with E-state index in [0.717, 1.165) is 41.9 Å². The molecule has 0 radical (unpaired) electrons. The number of anilines is 1. The highest BCUT2D eigenvalue weighted by molar-refractivity contribution is 5.82. The van der Waals surface area contributed by atoms with Gasteiger partial charge < -0.3 is 14.8 Å². The number of fused-ring (bicyclic) bond motifs is 1. The first-order chi connectivity index (χ1) is 12.0. The highest BCUT2D eigenvalue weighted by atomic mass is 15.2. The minimum absolute atomic E-state index is 0.403. The number of rotatable bonds is 3. The third-order valence-corrected chi connectivity index (χ3v) is 5.72. The fraction of sp³-hybridized carbons (Fsp3) is 0.737. The zero-order valence-electron chi connectivity index (χ0n) is 15.7. The first-order valence-corrected chi connectivity index (χ1v) is 9.61. The fourth-order valence-corrected chi connectivity index (χ4v) is 4.64. The normalized spacial score (nSPS) is 23.6. The lowest BCUT2D eigenvalue weighted by molar-refractivity contribution is 0.203. The van der Waals surface area contributed by atoms with Crippen molar-refractivity contribution in [3.05, 3.63) is 12.7 Å². The van der Waals surface area contributed by atoms with Gasteiger partial charge in [0.1, 0.15) is 11.8 Å². The van der Waals surface area contributed by atoms with Gasteiger partial charge in [0.05, 0.1) is 6.33 Å². The van der Waals surface area contributed by atoms with Crippen molar-refractivity contribution in [1.82, 2.24) is 24.8 Å². The minimum Gasteiger partial charge on any atom is -0.355 e. The number of piperidine rings is 1. The van der Waals surface area contributed by atoms with Gasteiger partial charge in [-0.2, -0.15) is 0 Å². The molecule has 2 fully saturated rings. The summed E-state index contributed by atoms with van der Waals surface area (Å²) in [5, 5.41) is 0. The lowest BCUT2D eigenvalue weighted by Gasteiger charge is -2.35. The first kappa shape index (κ1) is 16.8. The van der Waals surface area contributed by atoms with Crippen LogP contribution in [0.3, 0.4) is 0 Å². The molecule has 25 heavy (non-hydrogen) atoms. The van der Waals surface area contributed by atoms with Crippen LogP contribution in [0.2, 0.25) is 0 Å². The lowest BCUT2D eigenvalue weighted by Crippen LogP contribution is -2.38. The van der Waals surface area contributed by atoms with E-state index in [1.165, 1.54) is 38.9 Å². The van der Waals surface area contributed by atoms with E-state index in [0.29, 0.717) is 5.41 Å². The van der Waals surface area contributed by atoms with Gasteiger partial charge in [-0.25, -0.2) is 15.0 Å². The average molecular weight is 342 g/mol. The molecule has 2 aromatic heterocycles. The van der Waals surface area contributed by atoms with Crippen molar-refractivity contribution in [2.75, 3.05) is 37.6 Å². The maximum atomic E-state index is 4.51. The largest absolute Gasteiger partial charge is 0.355 e. The molecule has 1 atom stereocenters. The van der Waals surface area contributed by atoms with E-state index in [-0.39, 0.29) is 0 Å². The summed E-state index contributed by atoms with van der Waals surface area (Å²) in [5.74, 6) is 2.75. The molecule has 0 spiro atoms. The quantitative estimate of drug-likeness (QED) is 0.929. The minimum atomic E-state index is 0.403. The van der Waals surface area contributed by atoms with E-state index in [1.54, 1.807) is 12.7 Å². The summed E-state index contributed by atoms with van der Waals surface area (Å²) < 4.78 is 0. The summed E-state index contributed by atoms with van der Waals surface area (Å²) in [6.07, 6.45) is 7.25. The van der Waals surface area contributed by atoms with Crippen LogP contribution in [0.1, 0.15) is 40.0 Å². The first-order valence-electron chi connectivity index (χ1n) is 9.61. The van der Waals surface area contributed by atoms with Crippen LogP contribution < -0.4 is 4.90 Å². The molecule has 136 valence electrons. The second-order valence-electron chi connectivity index (χ2n) is 8.97. The van der Waals surface area contributed by atoms with Gasteiger partial charge in [-0.1, -0.05) is 20.8 Å². The molecule has 6 heteroatoms. The molecule has 0 unspecified atom stereocenters. The topological polar surface area (TPSA) is 60.9 Å². The van der Waals surface area contributed by atoms with E-state index < -0.39 is 0 Å². The Balaban J connectivity index is 1.35. The summed E-state index contributed by atoms with van der Waals surface area (Å²) >= 11 is 0. The van der Waals surface area contributed by atoms with Gasteiger partial charge >= 0.3 is 0 Å². The molecule has 1 N–H and O–H groups in total. The van der Waals surface area contributed by atoms with Gasteiger partial charge in [-0.05, 0) is 43.1 Å². The molecule has 4 rings (SSSR count). The number of aromatic amines is 1. The van der Waals surface area contributed by atoms with Crippen molar-refractivity contribution in [3.63, 3.8) is 0 Å². The van der Waals surface area contributed by atoms with Crippen molar-refractivity contribution in [1.29, 1.82) is 0 Å². The molecule has 6 nitrogen and oxygen atoms in total. The van der Waals surface area contributed by atoms with E-state index in [1.807, 2.05) is 0 Å². The van der Waals surface area contributed by atoms with Gasteiger partial charge in [0, 0.05) is 26.2 Å². The summed E-state index contributed by atoms with van der Waals surface area (Å²) in [7, 11) is 0. The smallest absolute Gasteiger partial charge is 0.182 e. The molecular weight excluding hydrogens is 312 g/mol. The van der Waals surface area contributed by atoms with Crippen molar-refractivity contribution in [2.24, 2.45) is 17.3 Å². The predicted molar refractivity (Wildman–Crippen MR) is 101 cm³/mol. The Bertz CT molecular complexity index is 710. The number of imidazole rings is 1. The van der Waals surface area contributed by atoms with Crippen LogP contribution in [0.5, 0.6) is 0 Å². The highest BCUT2D eigenvalue weighted by Crippen LogP contribution is 2.34. The second-order valence-corrected chi connectivity index (χ2v) is 8.97. The summed E-state index contributed by atoms with van der Waals surface area (Å²) in [6, 6.07) is 0. The monoisotopic (exact) mass is 342 g/mol. The van der Waals surface area contributed by atoms with E-state index in [2.05, 4.69) is 50.5 Å². The molecule has 0 aliphatic carbocycles. The molecule has 0 saturated carbocycles. The predicted octanol–water partition coefficient (Wildman–Crippen LogP) is 2.94. The number of nitrogens with one attached hydrogen (secondary N) is 1. The molecular formula is C19H30N6. The van der Waals surface area contributed by atoms with Crippen LogP contribution in [-0.2, 0) is 0 Å². The molecule has 2 aliphatic heterocycles. The van der Waals surface area contributed by atoms with Crippen LogP contribution in [0.4, 0.5) is 5.82 Å². The van der Waals surface area contributed by atoms with Crippen molar-refractivity contribution in [3.8, 4) is 0 Å². The van der Waals surface area contributed by atoms with Crippen LogP contribution in [0.15, 0.2) is 12.7 Å². The average Bonchev–Trinajstić information content (AvgIpc) is 3.22. The number of likely N-dealkylation sites (tertiary alicyclic amines) is 1. The zero-order valence-corrected chi connectivity index (χ0v) is 15.7. The number of nitrogens with zero attached hydrogens (tertiary/aromatic N) is 5. The van der Waals surface area contributed by atoms with Crippen molar-refractivity contribution >= 4 is 17.0 Å². The number of H-pyrrole nitrogens is 1.